The quantitative estimate of drug-likeness (QED) is 0.818. The molecule has 0 radical (unpaired) electrons. The molecule has 120 valence electrons. The summed E-state index contributed by atoms with van der Waals surface area (Å²) in [5.74, 6) is 3.42. The summed E-state index contributed by atoms with van der Waals surface area (Å²) in [6.07, 6.45) is 10.7. The zero-order chi connectivity index (χ0) is 14.1. The predicted octanol–water partition coefficient (Wildman–Crippen LogP) is 2.10. The molecule has 0 aromatic rings. The van der Waals surface area contributed by atoms with E-state index >= 15 is 0 Å². The largest absolute Gasteiger partial charge is 0.363 e. The summed E-state index contributed by atoms with van der Waals surface area (Å²) in [6.45, 7) is 3.89. The Bertz CT molecular complexity index is 320. The Morgan fingerprint density at radius 3 is 1.76 bits per heavy atom. The molecule has 6 atom stereocenters. The van der Waals surface area contributed by atoms with Crippen LogP contribution in [-0.2, 0) is 9.47 Å². The van der Waals surface area contributed by atoms with Crippen LogP contribution in [0.1, 0.15) is 44.9 Å². The van der Waals surface area contributed by atoms with Crippen molar-refractivity contribution >= 4 is 0 Å². The van der Waals surface area contributed by atoms with E-state index in [2.05, 4.69) is 10.6 Å². The van der Waals surface area contributed by atoms with Gasteiger partial charge in [-0.25, -0.2) is 0 Å². The molecule has 6 unspecified atom stereocenters. The molecule has 4 heteroatoms. The molecule has 0 spiro atoms. The van der Waals surface area contributed by atoms with Gasteiger partial charge in [0.1, 0.15) is 0 Å². The van der Waals surface area contributed by atoms with E-state index in [9.17, 15) is 0 Å². The van der Waals surface area contributed by atoms with E-state index in [1.165, 1.54) is 58.0 Å². The Labute approximate surface area is 128 Å². The summed E-state index contributed by atoms with van der Waals surface area (Å²) in [4.78, 5) is 0. The lowest BCUT2D eigenvalue weighted by Gasteiger charge is -2.43. The van der Waals surface area contributed by atoms with E-state index in [1.54, 1.807) is 0 Å². The maximum absolute atomic E-state index is 5.85. The van der Waals surface area contributed by atoms with Crippen LogP contribution in [0.15, 0.2) is 0 Å². The molecule has 0 amide bonds. The highest BCUT2D eigenvalue weighted by molar-refractivity contribution is 4.88. The van der Waals surface area contributed by atoms with Crippen LogP contribution in [-0.4, -0.2) is 38.8 Å². The van der Waals surface area contributed by atoms with Crippen molar-refractivity contribution in [3.63, 3.8) is 0 Å². The highest BCUT2D eigenvalue weighted by Gasteiger charge is 2.37. The lowest BCUT2D eigenvalue weighted by atomic mass is 9.70. The molecule has 4 fully saturated rings. The lowest BCUT2D eigenvalue weighted by molar-refractivity contribution is -0.0744. The van der Waals surface area contributed by atoms with Crippen LogP contribution in [0.5, 0.6) is 0 Å². The highest BCUT2D eigenvalue weighted by atomic mass is 16.5. The maximum atomic E-state index is 5.85. The Balaban J connectivity index is 1.28. The third-order valence-corrected chi connectivity index (χ3v) is 6.32. The summed E-state index contributed by atoms with van der Waals surface area (Å²) in [6, 6.07) is 0. The summed E-state index contributed by atoms with van der Waals surface area (Å²) in [7, 11) is 0. The fraction of sp³-hybridized carbons (Fsp3) is 1.00. The average Bonchev–Trinajstić information content (AvgIpc) is 2.55. The van der Waals surface area contributed by atoms with Crippen LogP contribution in [0.3, 0.4) is 0 Å². The van der Waals surface area contributed by atoms with E-state index in [0.717, 1.165) is 37.1 Å². The van der Waals surface area contributed by atoms with Crippen molar-refractivity contribution in [1.29, 1.82) is 0 Å². The second-order valence-electron chi connectivity index (χ2n) is 7.72. The minimum atomic E-state index is 0.550. The van der Waals surface area contributed by atoms with Gasteiger partial charge >= 0.3 is 0 Å². The molecule has 4 rings (SSSR count). The van der Waals surface area contributed by atoms with Crippen molar-refractivity contribution in [3.8, 4) is 0 Å². The smallest absolute Gasteiger partial charge is 0.0969 e. The molecular weight excluding hydrogens is 264 g/mol. The van der Waals surface area contributed by atoms with E-state index in [1.807, 2.05) is 0 Å². The van der Waals surface area contributed by atoms with Crippen LogP contribution >= 0.6 is 0 Å². The number of rotatable bonds is 2. The molecule has 0 aromatic heterocycles. The summed E-state index contributed by atoms with van der Waals surface area (Å²) < 4.78 is 11.7. The van der Waals surface area contributed by atoms with Gasteiger partial charge in [0.2, 0.25) is 0 Å². The second-order valence-corrected chi connectivity index (χ2v) is 7.72. The van der Waals surface area contributed by atoms with Gasteiger partial charge in [0.05, 0.1) is 25.7 Å². The van der Waals surface area contributed by atoms with Crippen molar-refractivity contribution in [1.82, 2.24) is 10.6 Å². The van der Waals surface area contributed by atoms with Crippen LogP contribution < -0.4 is 10.6 Å². The van der Waals surface area contributed by atoms with E-state index in [4.69, 9.17) is 9.47 Å². The molecular formula is C17H30N2O2. The highest BCUT2D eigenvalue weighted by Crippen LogP contribution is 2.41. The van der Waals surface area contributed by atoms with Crippen LogP contribution in [0.2, 0.25) is 0 Å². The molecule has 2 N–H and O–H groups in total. The van der Waals surface area contributed by atoms with Gasteiger partial charge in [0, 0.05) is 13.1 Å². The summed E-state index contributed by atoms with van der Waals surface area (Å²) >= 11 is 0. The molecule has 0 bridgehead atoms. The van der Waals surface area contributed by atoms with Crippen molar-refractivity contribution in [3.05, 3.63) is 0 Å². The van der Waals surface area contributed by atoms with Gasteiger partial charge < -0.3 is 9.47 Å². The first-order valence-corrected chi connectivity index (χ1v) is 9.03. The van der Waals surface area contributed by atoms with Gasteiger partial charge in [0.25, 0.3) is 0 Å². The number of hydrogen-bond acceptors (Lipinski definition) is 4. The molecule has 4 aliphatic rings. The summed E-state index contributed by atoms with van der Waals surface area (Å²) in [5, 5.41) is 6.80. The Hall–Kier alpha value is -0.160. The lowest BCUT2D eigenvalue weighted by Crippen LogP contribution is -2.46. The molecule has 21 heavy (non-hydrogen) atoms. The molecule has 2 aliphatic carbocycles. The number of nitrogens with one attached hydrogen (secondary N) is 2. The van der Waals surface area contributed by atoms with E-state index in [0.29, 0.717) is 12.2 Å². The SMILES string of the molecule is C1NCC2CC(CC3CCC4OCNCC4C3)CCC2O1. The molecule has 2 aliphatic heterocycles. The van der Waals surface area contributed by atoms with Crippen molar-refractivity contribution in [2.75, 3.05) is 26.6 Å². The molecule has 2 saturated heterocycles. The van der Waals surface area contributed by atoms with E-state index in [-0.39, 0.29) is 0 Å². The normalized spacial score (nSPS) is 47.4. The number of ether oxygens (including phenoxy) is 2. The zero-order valence-electron chi connectivity index (χ0n) is 13.1. The standard InChI is InChI=1S/C17H30N2O2/c1-3-16-14(8-18-10-20-16)6-12(1)5-13-2-4-17-15(7-13)9-19-11-21-17/h12-19H,1-11H2. The molecule has 0 aromatic carbocycles. The van der Waals surface area contributed by atoms with Gasteiger partial charge in [0.15, 0.2) is 0 Å². The third-order valence-electron chi connectivity index (χ3n) is 6.32. The molecule has 4 nitrogen and oxygen atoms in total. The zero-order valence-corrected chi connectivity index (χ0v) is 13.1. The minimum absolute atomic E-state index is 0.550. The number of hydrogen-bond donors (Lipinski definition) is 2. The van der Waals surface area contributed by atoms with Gasteiger partial charge in [-0.1, -0.05) is 0 Å². The van der Waals surface area contributed by atoms with Gasteiger partial charge in [-0.15, -0.1) is 0 Å². The fourth-order valence-corrected chi connectivity index (χ4v) is 5.26. The van der Waals surface area contributed by atoms with Gasteiger partial charge in [-0.3, -0.25) is 10.6 Å². The number of fused-ring (bicyclic) bond motifs is 2. The van der Waals surface area contributed by atoms with Crippen LogP contribution in [0.25, 0.3) is 0 Å². The second kappa shape index (κ2) is 6.53. The predicted molar refractivity (Wildman–Crippen MR) is 81.8 cm³/mol. The van der Waals surface area contributed by atoms with Crippen molar-refractivity contribution < 1.29 is 9.47 Å². The molecule has 2 saturated carbocycles. The van der Waals surface area contributed by atoms with Crippen molar-refractivity contribution in [2.45, 2.75) is 57.2 Å². The first-order chi connectivity index (χ1) is 10.4. The van der Waals surface area contributed by atoms with Crippen molar-refractivity contribution in [2.24, 2.45) is 23.7 Å². The third kappa shape index (κ3) is 3.29. The Morgan fingerprint density at radius 1 is 0.714 bits per heavy atom. The van der Waals surface area contributed by atoms with Crippen LogP contribution in [0.4, 0.5) is 0 Å². The fourth-order valence-electron chi connectivity index (χ4n) is 5.26. The minimum Gasteiger partial charge on any atom is -0.363 e. The maximum Gasteiger partial charge on any atom is 0.0969 e. The van der Waals surface area contributed by atoms with Gasteiger partial charge in [-0.05, 0) is 68.6 Å². The Morgan fingerprint density at radius 2 is 1.24 bits per heavy atom. The monoisotopic (exact) mass is 294 g/mol. The average molecular weight is 294 g/mol. The topological polar surface area (TPSA) is 42.5 Å². The first kappa shape index (κ1) is 14.4. The van der Waals surface area contributed by atoms with Gasteiger partial charge in [-0.2, -0.15) is 0 Å². The Kier molecular flexibility index (Phi) is 4.49. The first-order valence-electron chi connectivity index (χ1n) is 9.03. The van der Waals surface area contributed by atoms with Crippen LogP contribution in [0, 0.1) is 23.7 Å². The van der Waals surface area contributed by atoms with E-state index < -0.39 is 0 Å². The summed E-state index contributed by atoms with van der Waals surface area (Å²) in [5.41, 5.74) is 0. The molecule has 2 heterocycles.